The van der Waals surface area contributed by atoms with E-state index in [0.29, 0.717) is 11.2 Å². The van der Waals surface area contributed by atoms with Crippen molar-refractivity contribution in [2.45, 2.75) is 18.9 Å². The number of piperidine rings is 1. The third kappa shape index (κ3) is 2.87. The third-order valence-corrected chi connectivity index (χ3v) is 4.98. The Morgan fingerprint density at radius 3 is 2.76 bits per heavy atom. The summed E-state index contributed by atoms with van der Waals surface area (Å²) in [6.45, 7) is 1.65. The summed E-state index contributed by atoms with van der Waals surface area (Å²) >= 11 is 1.42. The van der Waals surface area contributed by atoms with Crippen molar-refractivity contribution in [2.24, 2.45) is 0 Å². The number of hydrogen-bond acceptors (Lipinski definition) is 5. The Morgan fingerprint density at radius 1 is 1.38 bits per heavy atom. The number of carbonyl (C=O) groups is 1. The molecular weight excluding hydrogens is 284 g/mol. The Hall–Kier alpha value is -1.66. The standard InChI is InChI=1S/C15H20N4OS/c1-18(2)11-5-7-19(8-6-11)14(20)10-3-4-12-13(9-10)21-15(16)17-12/h3-4,9,11H,5-8H2,1-2H3,(H2,16,17). The first-order valence-electron chi connectivity index (χ1n) is 7.16. The summed E-state index contributed by atoms with van der Waals surface area (Å²) in [5.41, 5.74) is 7.30. The van der Waals surface area contributed by atoms with Gasteiger partial charge in [-0.2, -0.15) is 0 Å². The van der Waals surface area contributed by atoms with Gasteiger partial charge in [-0.25, -0.2) is 4.98 Å². The summed E-state index contributed by atoms with van der Waals surface area (Å²) in [6, 6.07) is 6.21. The Bertz CT molecular complexity index is 659. The molecule has 1 aliphatic rings. The van der Waals surface area contributed by atoms with Crippen molar-refractivity contribution < 1.29 is 4.79 Å². The zero-order chi connectivity index (χ0) is 15.0. The summed E-state index contributed by atoms with van der Waals surface area (Å²) in [5, 5.41) is 0.543. The van der Waals surface area contributed by atoms with Crippen LogP contribution in [0.4, 0.5) is 5.13 Å². The van der Waals surface area contributed by atoms with E-state index in [-0.39, 0.29) is 5.91 Å². The average Bonchev–Trinajstić information content (AvgIpc) is 2.85. The number of thiazole rings is 1. The van der Waals surface area contributed by atoms with E-state index in [1.807, 2.05) is 23.1 Å². The molecule has 3 rings (SSSR count). The van der Waals surface area contributed by atoms with Crippen LogP contribution >= 0.6 is 11.3 Å². The molecule has 1 amide bonds. The molecule has 0 unspecified atom stereocenters. The lowest BCUT2D eigenvalue weighted by atomic mass is 10.0. The van der Waals surface area contributed by atoms with Gasteiger partial charge < -0.3 is 15.5 Å². The molecule has 6 heteroatoms. The fourth-order valence-corrected chi connectivity index (χ4v) is 3.62. The van der Waals surface area contributed by atoms with Crippen molar-refractivity contribution in [1.82, 2.24) is 14.8 Å². The number of nitrogen functional groups attached to an aromatic ring is 1. The highest BCUT2D eigenvalue weighted by Crippen LogP contribution is 2.25. The van der Waals surface area contributed by atoms with Gasteiger partial charge in [0.05, 0.1) is 10.2 Å². The molecule has 112 valence electrons. The largest absolute Gasteiger partial charge is 0.375 e. The Kier molecular flexibility index (Phi) is 3.82. The summed E-state index contributed by atoms with van der Waals surface area (Å²) in [7, 11) is 4.20. The number of carbonyl (C=O) groups excluding carboxylic acids is 1. The first kappa shape index (κ1) is 14.3. The Labute approximate surface area is 128 Å². The highest BCUT2D eigenvalue weighted by atomic mass is 32.1. The van der Waals surface area contributed by atoms with Gasteiger partial charge >= 0.3 is 0 Å². The van der Waals surface area contributed by atoms with Gasteiger partial charge in [-0.05, 0) is 45.1 Å². The van der Waals surface area contributed by atoms with Crippen molar-refractivity contribution in [2.75, 3.05) is 32.9 Å². The monoisotopic (exact) mass is 304 g/mol. The van der Waals surface area contributed by atoms with Crippen LogP contribution in [0.5, 0.6) is 0 Å². The van der Waals surface area contributed by atoms with Gasteiger partial charge in [0.15, 0.2) is 5.13 Å². The van der Waals surface area contributed by atoms with E-state index in [1.165, 1.54) is 11.3 Å². The van der Waals surface area contributed by atoms with Crippen LogP contribution in [0.15, 0.2) is 18.2 Å². The molecule has 0 bridgehead atoms. The van der Waals surface area contributed by atoms with E-state index >= 15 is 0 Å². The van der Waals surface area contributed by atoms with Gasteiger partial charge in [0.2, 0.25) is 0 Å². The predicted octanol–water partition coefficient (Wildman–Crippen LogP) is 2.04. The minimum absolute atomic E-state index is 0.112. The number of nitrogens with two attached hydrogens (primary N) is 1. The maximum absolute atomic E-state index is 12.6. The summed E-state index contributed by atoms with van der Waals surface area (Å²) in [4.78, 5) is 21.0. The van der Waals surface area contributed by atoms with Gasteiger partial charge in [-0.1, -0.05) is 11.3 Å². The van der Waals surface area contributed by atoms with Gasteiger partial charge in [0.1, 0.15) is 0 Å². The number of amides is 1. The van der Waals surface area contributed by atoms with Crippen LogP contribution in [0.25, 0.3) is 10.2 Å². The minimum atomic E-state index is 0.112. The third-order valence-electron chi connectivity index (χ3n) is 4.13. The lowest BCUT2D eigenvalue weighted by Gasteiger charge is -2.35. The summed E-state index contributed by atoms with van der Waals surface area (Å²) in [5.74, 6) is 0.112. The second kappa shape index (κ2) is 5.61. The molecule has 0 spiro atoms. The van der Waals surface area contributed by atoms with Gasteiger partial charge in [0.25, 0.3) is 5.91 Å². The second-order valence-corrected chi connectivity index (χ2v) is 6.78. The zero-order valence-electron chi connectivity index (χ0n) is 12.4. The van der Waals surface area contributed by atoms with E-state index in [4.69, 9.17) is 5.73 Å². The number of rotatable bonds is 2. The maximum Gasteiger partial charge on any atom is 0.253 e. The van der Waals surface area contributed by atoms with Crippen LogP contribution in [-0.4, -0.2) is 53.9 Å². The molecule has 5 nitrogen and oxygen atoms in total. The molecule has 21 heavy (non-hydrogen) atoms. The predicted molar refractivity (Wildman–Crippen MR) is 86.6 cm³/mol. The van der Waals surface area contributed by atoms with Gasteiger partial charge in [-0.3, -0.25) is 4.79 Å². The molecule has 1 saturated heterocycles. The highest BCUT2D eigenvalue weighted by molar-refractivity contribution is 7.22. The van der Waals surface area contributed by atoms with Crippen molar-refractivity contribution in [3.8, 4) is 0 Å². The maximum atomic E-state index is 12.6. The van der Waals surface area contributed by atoms with Gasteiger partial charge in [0, 0.05) is 24.7 Å². The smallest absolute Gasteiger partial charge is 0.253 e. The zero-order valence-corrected chi connectivity index (χ0v) is 13.2. The van der Waals surface area contributed by atoms with Gasteiger partial charge in [-0.15, -0.1) is 0 Å². The molecule has 2 aromatic rings. The van der Waals surface area contributed by atoms with E-state index in [0.717, 1.165) is 41.7 Å². The van der Waals surface area contributed by atoms with E-state index in [2.05, 4.69) is 24.0 Å². The summed E-state index contributed by atoms with van der Waals surface area (Å²) in [6.07, 6.45) is 2.07. The van der Waals surface area contributed by atoms with Crippen molar-refractivity contribution in [3.05, 3.63) is 23.8 Å². The molecule has 2 N–H and O–H groups in total. The molecule has 0 radical (unpaired) electrons. The van der Waals surface area contributed by atoms with Crippen LogP contribution < -0.4 is 5.73 Å². The molecule has 1 aromatic carbocycles. The van der Waals surface area contributed by atoms with Crippen molar-refractivity contribution >= 4 is 32.6 Å². The van der Waals surface area contributed by atoms with E-state index in [9.17, 15) is 4.79 Å². The van der Waals surface area contributed by atoms with Crippen molar-refractivity contribution in [3.63, 3.8) is 0 Å². The number of nitrogens with zero attached hydrogens (tertiary/aromatic N) is 3. The molecule has 0 atom stereocenters. The quantitative estimate of drug-likeness (QED) is 0.922. The van der Waals surface area contributed by atoms with Crippen LogP contribution in [0.3, 0.4) is 0 Å². The Morgan fingerprint density at radius 2 is 2.10 bits per heavy atom. The minimum Gasteiger partial charge on any atom is -0.375 e. The topological polar surface area (TPSA) is 62.5 Å². The number of likely N-dealkylation sites (tertiary alicyclic amines) is 1. The molecule has 0 saturated carbocycles. The van der Waals surface area contributed by atoms with E-state index < -0.39 is 0 Å². The lowest BCUT2D eigenvalue weighted by molar-refractivity contribution is 0.0663. The van der Waals surface area contributed by atoms with Crippen LogP contribution in [-0.2, 0) is 0 Å². The summed E-state index contributed by atoms with van der Waals surface area (Å²) < 4.78 is 0.974. The number of aromatic nitrogens is 1. The number of anilines is 1. The molecule has 0 aliphatic carbocycles. The van der Waals surface area contributed by atoms with Crippen LogP contribution in [0.1, 0.15) is 23.2 Å². The number of fused-ring (bicyclic) bond motifs is 1. The van der Waals surface area contributed by atoms with E-state index in [1.54, 1.807) is 0 Å². The first-order valence-corrected chi connectivity index (χ1v) is 7.98. The molecule has 1 fully saturated rings. The number of benzene rings is 1. The fraction of sp³-hybridized carbons (Fsp3) is 0.467. The first-order chi connectivity index (χ1) is 10.0. The fourth-order valence-electron chi connectivity index (χ4n) is 2.84. The normalized spacial score (nSPS) is 16.8. The Balaban J connectivity index is 1.75. The SMILES string of the molecule is CN(C)C1CCN(C(=O)c2ccc3nc(N)sc3c2)CC1. The highest BCUT2D eigenvalue weighted by Gasteiger charge is 2.24. The molecule has 1 aromatic heterocycles. The van der Waals surface area contributed by atoms with Crippen LogP contribution in [0.2, 0.25) is 0 Å². The van der Waals surface area contributed by atoms with Crippen molar-refractivity contribution in [1.29, 1.82) is 0 Å². The average molecular weight is 304 g/mol. The lowest BCUT2D eigenvalue weighted by Crippen LogP contribution is -2.44. The molecular formula is C15H20N4OS. The number of hydrogen-bond donors (Lipinski definition) is 1. The second-order valence-electron chi connectivity index (χ2n) is 5.72. The molecule has 2 heterocycles. The van der Waals surface area contributed by atoms with Crippen LogP contribution in [0, 0.1) is 0 Å². The molecule has 1 aliphatic heterocycles.